The summed E-state index contributed by atoms with van der Waals surface area (Å²) in [7, 11) is 1.76. The van der Waals surface area contributed by atoms with E-state index in [4.69, 9.17) is 0 Å². The average Bonchev–Trinajstić information content (AvgIpc) is 3.19. The van der Waals surface area contributed by atoms with Crippen LogP contribution >= 0.6 is 0 Å². The Kier molecular flexibility index (Phi) is 5.18. The molecule has 0 radical (unpaired) electrons. The number of anilines is 2. The van der Waals surface area contributed by atoms with Crippen molar-refractivity contribution in [3.63, 3.8) is 0 Å². The van der Waals surface area contributed by atoms with Gasteiger partial charge in [-0.1, -0.05) is 37.1 Å². The van der Waals surface area contributed by atoms with Crippen molar-refractivity contribution >= 4 is 23.2 Å². The molecular formula is C23H27N3O2. The molecule has 5 heteroatoms. The quantitative estimate of drug-likeness (QED) is 0.854. The molecule has 5 nitrogen and oxygen atoms in total. The third kappa shape index (κ3) is 3.42. The highest BCUT2D eigenvalue weighted by Gasteiger charge is 2.49. The van der Waals surface area contributed by atoms with E-state index in [-0.39, 0.29) is 17.2 Å². The van der Waals surface area contributed by atoms with E-state index < -0.39 is 0 Å². The summed E-state index contributed by atoms with van der Waals surface area (Å²) in [4.78, 5) is 27.7. The topological polar surface area (TPSA) is 61.4 Å². The van der Waals surface area contributed by atoms with Crippen LogP contribution in [0.2, 0.25) is 0 Å². The molecule has 2 aromatic carbocycles. The number of carbonyl (C=O) groups excluding carboxylic acids is 2. The molecule has 0 unspecified atom stereocenters. The van der Waals surface area contributed by atoms with Gasteiger partial charge in [0.05, 0.1) is 5.41 Å². The van der Waals surface area contributed by atoms with Crippen molar-refractivity contribution in [1.29, 1.82) is 0 Å². The Hall–Kier alpha value is -2.66. The first kappa shape index (κ1) is 18.7. The van der Waals surface area contributed by atoms with E-state index in [0.717, 1.165) is 38.0 Å². The first-order valence-electron chi connectivity index (χ1n) is 10.1. The Morgan fingerprint density at radius 2 is 1.93 bits per heavy atom. The third-order valence-electron chi connectivity index (χ3n) is 6.31. The van der Waals surface area contributed by atoms with Gasteiger partial charge in [-0.25, -0.2) is 0 Å². The van der Waals surface area contributed by atoms with Gasteiger partial charge in [-0.2, -0.15) is 0 Å². The maximum absolute atomic E-state index is 13.2. The molecule has 1 aliphatic heterocycles. The van der Waals surface area contributed by atoms with Crippen molar-refractivity contribution < 1.29 is 9.59 Å². The van der Waals surface area contributed by atoms with E-state index in [1.54, 1.807) is 24.1 Å². The number of benzene rings is 2. The smallest absolute Gasteiger partial charge is 0.258 e. The van der Waals surface area contributed by atoms with Gasteiger partial charge in [0.1, 0.15) is 0 Å². The lowest BCUT2D eigenvalue weighted by Crippen LogP contribution is -2.44. The molecule has 2 N–H and O–H groups in total. The predicted molar refractivity (Wildman–Crippen MR) is 112 cm³/mol. The van der Waals surface area contributed by atoms with Gasteiger partial charge in [0.15, 0.2) is 0 Å². The molecule has 0 bridgehead atoms. The van der Waals surface area contributed by atoms with Crippen LogP contribution in [0.4, 0.5) is 11.4 Å². The van der Waals surface area contributed by atoms with E-state index in [1.165, 1.54) is 6.42 Å². The Morgan fingerprint density at radius 1 is 1.11 bits per heavy atom. The number of hydrogen-bond donors (Lipinski definition) is 2. The summed E-state index contributed by atoms with van der Waals surface area (Å²) in [6, 6.07) is 16.8. The number of fused-ring (bicyclic) bond motifs is 1. The Bertz CT molecular complexity index is 867. The van der Waals surface area contributed by atoms with Gasteiger partial charge in [-0.05, 0) is 55.6 Å². The molecule has 2 atom stereocenters. The van der Waals surface area contributed by atoms with Crippen LogP contribution in [0.3, 0.4) is 0 Å². The second-order valence-electron chi connectivity index (χ2n) is 7.96. The summed E-state index contributed by atoms with van der Waals surface area (Å²) in [5.74, 6) is 0.400. The Labute approximate surface area is 166 Å². The van der Waals surface area contributed by atoms with Gasteiger partial charge >= 0.3 is 0 Å². The highest BCUT2D eigenvalue weighted by molar-refractivity contribution is 6.07. The molecule has 1 saturated carbocycles. The Morgan fingerprint density at radius 3 is 2.75 bits per heavy atom. The zero-order valence-electron chi connectivity index (χ0n) is 16.3. The van der Waals surface area contributed by atoms with Crippen molar-refractivity contribution in [2.75, 3.05) is 30.4 Å². The second-order valence-corrected chi connectivity index (χ2v) is 7.96. The lowest BCUT2D eigenvalue weighted by atomic mass is 9.67. The zero-order valence-corrected chi connectivity index (χ0v) is 16.3. The molecule has 2 fully saturated rings. The molecule has 2 amide bonds. The molecule has 4 rings (SSSR count). The third-order valence-corrected chi connectivity index (χ3v) is 6.31. The summed E-state index contributed by atoms with van der Waals surface area (Å²) < 4.78 is 0. The largest absolute Gasteiger partial charge is 0.326 e. The van der Waals surface area contributed by atoms with Crippen molar-refractivity contribution in [2.45, 2.75) is 25.7 Å². The van der Waals surface area contributed by atoms with E-state index in [1.807, 2.05) is 42.5 Å². The lowest BCUT2D eigenvalue weighted by molar-refractivity contribution is -0.128. The molecule has 1 heterocycles. The zero-order chi connectivity index (χ0) is 19.6. The minimum absolute atomic E-state index is 0.0863. The van der Waals surface area contributed by atoms with E-state index in [2.05, 4.69) is 10.6 Å². The van der Waals surface area contributed by atoms with Crippen LogP contribution in [0.5, 0.6) is 0 Å². The maximum atomic E-state index is 13.2. The first-order valence-corrected chi connectivity index (χ1v) is 10.1. The first-order chi connectivity index (χ1) is 13.6. The van der Waals surface area contributed by atoms with E-state index in [0.29, 0.717) is 17.2 Å². The molecule has 146 valence electrons. The van der Waals surface area contributed by atoms with Gasteiger partial charge in [0.25, 0.3) is 5.91 Å². The normalized spacial score (nSPS) is 23.7. The second kappa shape index (κ2) is 7.76. The molecule has 28 heavy (non-hydrogen) atoms. The molecule has 0 aromatic heterocycles. The fourth-order valence-electron chi connectivity index (χ4n) is 4.64. The highest BCUT2D eigenvalue weighted by atomic mass is 16.2. The SMILES string of the molecule is CN(C(=O)c1cccc(NC(=O)[C@@]23CCCC[C@H]2CNC3)c1)c1ccccc1. The monoisotopic (exact) mass is 377 g/mol. The summed E-state index contributed by atoms with van der Waals surface area (Å²) in [5, 5.41) is 6.51. The molecule has 1 aliphatic carbocycles. The van der Waals surface area contributed by atoms with Gasteiger partial charge in [-0.15, -0.1) is 0 Å². The minimum Gasteiger partial charge on any atom is -0.326 e. The van der Waals surface area contributed by atoms with Crippen LogP contribution in [0.15, 0.2) is 54.6 Å². The van der Waals surface area contributed by atoms with Crippen LogP contribution in [-0.4, -0.2) is 32.0 Å². The Balaban J connectivity index is 1.51. The van der Waals surface area contributed by atoms with Crippen LogP contribution in [0.1, 0.15) is 36.0 Å². The van der Waals surface area contributed by atoms with Crippen molar-refractivity contribution in [3.8, 4) is 0 Å². The van der Waals surface area contributed by atoms with Crippen molar-refractivity contribution in [1.82, 2.24) is 5.32 Å². The lowest BCUT2D eigenvalue weighted by Gasteiger charge is -2.37. The van der Waals surface area contributed by atoms with Crippen LogP contribution in [-0.2, 0) is 4.79 Å². The fourth-order valence-corrected chi connectivity index (χ4v) is 4.64. The van der Waals surface area contributed by atoms with Crippen LogP contribution < -0.4 is 15.5 Å². The van der Waals surface area contributed by atoms with Gasteiger partial charge < -0.3 is 15.5 Å². The molecule has 2 aromatic rings. The number of para-hydroxylation sites is 1. The standard InChI is InChI=1S/C23H27N3O2/c1-26(20-11-3-2-4-12-20)21(27)17-8-7-10-19(14-17)25-22(28)23-13-6-5-9-18(23)15-24-16-23/h2-4,7-8,10-12,14,18,24H,5-6,9,13,15-16H2,1H3,(H,25,28)/t18-,23+/m0/s1. The minimum atomic E-state index is -0.306. The van der Waals surface area contributed by atoms with Gasteiger partial charge in [0.2, 0.25) is 5.91 Å². The average molecular weight is 377 g/mol. The molecule has 2 aliphatic rings. The van der Waals surface area contributed by atoms with Crippen molar-refractivity contribution in [3.05, 3.63) is 60.2 Å². The number of nitrogens with zero attached hydrogens (tertiary/aromatic N) is 1. The molecule has 0 spiro atoms. The molecular weight excluding hydrogens is 350 g/mol. The number of carbonyl (C=O) groups is 2. The van der Waals surface area contributed by atoms with Crippen molar-refractivity contribution in [2.24, 2.45) is 11.3 Å². The summed E-state index contributed by atoms with van der Waals surface area (Å²) >= 11 is 0. The van der Waals surface area contributed by atoms with E-state index in [9.17, 15) is 9.59 Å². The number of rotatable bonds is 4. The summed E-state index contributed by atoms with van der Waals surface area (Å²) in [5.41, 5.74) is 1.77. The maximum Gasteiger partial charge on any atom is 0.258 e. The number of nitrogens with one attached hydrogen (secondary N) is 2. The highest BCUT2D eigenvalue weighted by Crippen LogP contribution is 2.44. The number of hydrogen-bond acceptors (Lipinski definition) is 3. The number of amides is 2. The van der Waals surface area contributed by atoms with Gasteiger partial charge in [-0.3, -0.25) is 9.59 Å². The molecule has 1 saturated heterocycles. The summed E-state index contributed by atoms with van der Waals surface area (Å²) in [6.07, 6.45) is 4.36. The van der Waals surface area contributed by atoms with E-state index >= 15 is 0 Å². The summed E-state index contributed by atoms with van der Waals surface area (Å²) in [6.45, 7) is 1.67. The van der Waals surface area contributed by atoms with Crippen LogP contribution in [0.25, 0.3) is 0 Å². The fraction of sp³-hybridized carbons (Fsp3) is 0.391. The predicted octanol–water partition coefficient (Wildman–Crippen LogP) is 3.68. The van der Waals surface area contributed by atoms with Crippen LogP contribution in [0, 0.1) is 11.3 Å². The van der Waals surface area contributed by atoms with Gasteiger partial charge in [0, 0.05) is 30.5 Å².